The van der Waals surface area contributed by atoms with Gasteiger partial charge < -0.3 is 15.5 Å². The van der Waals surface area contributed by atoms with Crippen molar-refractivity contribution in [3.8, 4) is 0 Å². The minimum atomic E-state index is -1.04. The van der Waals surface area contributed by atoms with Crippen LogP contribution in [0.4, 0.5) is 4.79 Å². The fraction of sp³-hybridized carbons (Fsp3) is 0.375. The van der Waals surface area contributed by atoms with Crippen molar-refractivity contribution in [2.24, 2.45) is 0 Å². The van der Waals surface area contributed by atoms with Gasteiger partial charge in [-0.05, 0) is 19.1 Å². The van der Waals surface area contributed by atoms with Crippen molar-refractivity contribution < 1.29 is 15.0 Å². The van der Waals surface area contributed by atoms with Crippen LogP contribution in [0.2, 0.25) is 0 Å². The molecule has 13 heavy (non-hydrogen) atoms. The Kier molecular flexibility index (Phi) is 3.27. The van der Waals surface area contributed by atoms with Gasteiger partial charge >= 0.3 is 6.09 Å². The van der Waals surface area contributed by atoms with Gasteiger partial charge in [-0.2, -0.15) is 0 Å². The molecule has 1 aromatic rings. The number of aliphatic hydroxyl groups is 1. The number of amides is 1. The normalized spacial score (nSPS) is 12.5. The van der Waals surface area contributed by atoms with Crippen molar-refractivity contribution >= 4 is 17.4 Å². The highest BCUT2D eigenvalue weighted by Gasteiger charge is 2.05. The molecule has 1 aromatic heterocycles. The Balaban J connectivity index is 2.54. The Bertz CT molecular complexity index is 295. The molecule has 0 aliphatic heterocycles. The summed E-state index contributed by atoms with van der Waals surface area (Å²) in [4.78, 5) is 11.9. The van der Waals surface area contributed by atoms with Crippen LogP contribution in [0, 0.1) is 0 Å². The van der Waals surface area contributed by atoms with Crippen molar-refractivity contribution in [1.29, 1.82) is 0 Å². The first-order valence-electron chi connectivity index (χ1n) is 3.83. The number of carbonyl (C=O) groups is 1. The minimum Gasteiger partial charge on any atom is -0.465 e. The summed E-state index contributed by atoms with van der Waals surface area (Å²) in [7, 11) is 0. The predicted molar refractivity (Wildman–Crippen MR) is 49.8 cm³/mol. The van der Waals surface area contributed by atoms with Crippen LogP contribution in [-0.2, 0) is 6.54 Å². The smallest absolute Gasteiger partial charge is 0.404 e. The van der Waals surface area contributed by atoms with Crippen LogP contribution < -0.4 is 5.32 Å². The van der Waals surface area contributed by atoms with Gasteiger partial charge in [0.1, 0.15) is 0 Å². The van der Waals surface area contributed by atoms with E-state index in [0.717, 1.165) is 9.75 Å². The number of aliphatic hydroxyl groups excluding tert-OH is 1. The number of rotatable bonds is 3. The number of nitrogens with one attached hydrogen (secondary N) is 1. The van der Waals surface area contributed by atoms with Crippen molar-refractivity contribution in [3.63, 3.8) is 0 Å². The van der Waals surface area contributed by atoms with Crippen LogP contribution in [0.1, 0.15) is 22.8 Å². The van der Waals surface area contributed by atoms with Crippen LogP contribution in [0.25, 0.3) is 0 Å². The lowest BCUT2D eigenvalue weighted by molar-refractivity contribution is 0.194. The molecule has 0 radical (unpaired) electrons. The highest BCUT2D eigenvalue weighted by Crippen LogP contribution is 2.22. The lowest BCUT2D eigenvalue weighted by Gasteiger charge is -1.98. The second kappa shape index (κ2) is 4.25. The quantitative estimate of drug-likeness (QED) is 0.695. The van der Waals surface area contributed by atoms with Crippen molar-refractivity contribution in [3.05, 3.63) is 21.9 Å². The maximum atomic E-state index is 10.2. The Labute approximate surface area is 79.8 Å². The molecule has 72 valence electrons. The van der Waals surface area contributed by atoms with E-state index in [-0.39, 0.29) is 0 Å². The molecule has 0 aliphatic rings. The summed E-state index contributed by atoms with van der Waals surface area (Å²) in [6.45, 7) is 1.98. The lowest BCUT2D eigenvalue weighted by Crippen LogP contribution is -2.19. The van der Waals surface area contributed by atoms with Crippen LogP contribution in [0.3, 0.4) is 0 Å². The fourth-order valence-electron chi connectivity index (χ4n) is 0.877. The summed E-state index contributed by atoms with van der Waals surface area (Å²) in [5, 5.41) is 19.8. The SMILES string of the molecule is CC(O)c1ccc(CNC(=O)O)s1. The molecule has 1 atom stereocenters. The average Bonchev–Trinajstić information content (AvgIpc) is 2.48. The lowest BCUT2D eigenvalue weighted by atomic mass is 10.3. The van der Waals surface area contributed by atoms with Gasteiger partial charge in [-0.3, -0.25) is 0 Å². The summed E-state index contributed by atoms with van der Waals surface area (Å²) in [6, 6.07) is 3.61. The molecule has 0 aliphatic carbocycles. The summed E-state index contributed by atoms with van der Waals surface area (Å²) in [5.74, 6) is 0. The zero-order valence-electron chi connectivity index (χ0n) is 7.15. The summed E-state index contributed by atoms with van der Waals surface area (Å²) >= 11 is 1.41. The van der Waals surface area contributed by atoms with Crippen LogP contribution in [0.15, 0.2) is 12.1 Å². The van der Waals surface area contributed by atoms with Gasteiger partial charge in [-0.25, -0.2) is 4.79 Å². The molecular weight excluding hydrogens is 190 g/mol. The molecule has 3 N–H and O–H groups in total. The molecule has 4 nitrogen and oxygen atoms in total. The maximum Gasteiger partial charge on any atom is 0.404 e. The van der Waals surface area contributed by atoms with E-state index in [4.69, 9.17) is 5.11 Å². The van der Waals surface area contributed by atoms with Gasteiger partial charge in [0.2, 0.25) is 0 Å². The molecule has 1 amide bonds. The topological polar surface area (TPSA) is 69.6 Å². The maximum absolute atomic E-state index is 10.2. The number of thiophene rings is 1. The molecular formula is C8H11NO3S. The standard InChI is InChI=1S/C8H11NO3S/c1-5(10)7-3-2-6(13-7)4-9-8(11)12/h2-3,5,9-10H,4H2,1H3,(H,11,12). The summed E-state index contributed by atoms with van der Waals surface area (Å²) in [5.41, 5.74) is 0. The number of carboxylic acid groups (broad SMARTS) is 1. The summed E-state index contributed by atoms with van der Waals surface area (Å²) < 4.78 is 0. The van der Waals surface area contributed by atoms with E-state index in [9.17, 15) is 9.90 Å². The van der Waals surface area contributed by atoms with E-state index < -0.39 is 12.2 Å². The van der Waals surface area contributed by atoms with Crippen molar-refractivity contribution in [2.75, 3.05) is 0 Å². The van der Waals surface area contributed by atoms with Gasteiger partial charge in [-0.1, -0.05) is 0 Å². The van der Waals surface area contributed by atoms with E-state index in [1.165, 1.54) is 11.3 Å². The Morgan fingerprint density at radius 3 is 2.85 bits per heavy atom. The van der Waals surface area contributed by atoms with Gasteiger partial charge in [0.15, 0.2) is 0 Å². The van der Waals surface area contributed by atoms with Gasteiger partial charge in [-0.15, -0.1) is 11.3 Å². The summed E-state index contributed by atoms with van der Waals surface area (Å²) in [6.07, 6.45) is -1.52. The second-order valence-corrected chi connectivity index (χ2v) is 3.84. The largest absolute Gasteiger partial charge is 0.465 e. The monoisotopic (exact) mass is 201 g/mol. The first kappa shape index (κ1) is 10.0. The predicted octanol–water partition coefficient (Wildman–Crippen LogP) is 1.57. The molecule has 5 heteroatoms. The van der Waals surface area contributed by atoms with Gasteiger partial charge in [0.25, 0.3) is 0 Å². The van der Waals surface area contributed by atoms with Crippen LogP contribution >= 0.6 is 11.3 Å². The Hall–Kier alpha value is -1.07. The van der Waals surface area contributed by atoms with E-state index in [0.29, 0.717) is 6.54 Å². The Morgan fingerprint density at radius 1 is 1.69 bits per heavy atom. The molecule has 1 heterocycles. The van der Waals surface area contributed by atoms with Gasteiger partial charge in [0.05, 0.1) is 12.6 Å². The third-order valence-electron chi connectivity index (χ3n) is 1.51. The zero-order chi connectivity index (χ0) is 9.84. The van der Waals surface area contributed by atoms with Crippen LogP contribution in [-0.4, -0.2) is 16.3 Å². The van der Waals surface area contributed by atoms with E-state index >= 15 is 0 Å². The highest BCUT2D eigenvalue weighted by atomic mass is 32.1. The molecule has 0 aromatic carbocycles. The first-order chi connectivity index (χ1) is 6.09. The first-order valence-corrected chi connectivity index (χ1v) is 4.64. The zero-order valence-corrected chi connectivity index (χ0v) is 7.97. The van der Waals surface area contributed by atoms with E-state index in [1.54, 1.807) is 13.0 Å². The van der Waals surface area contributed by atoms with Crippen LogP contribution in [0.5, 0.6) is 0 Å². The Morgan fingerprint density at radius 2 is 2.38 bits per heavy atom. The highest BCUT2D eigenvalue weighted by molar-refractivity contribution is 7.12. The molecule has 0 saturated heterocycles. The van der Waals surface area contributed by atoms with Crippen molar-refractivity contribution in [2.45, 2.75) is 19.6 Å². The third kappa shape index (κ3) is 3.04. The average molecular weight is 201 g/mol. The molecule has 0 spiro atoms. The number of hydrogen-bond acceptors (Lipinski definition) is 3. The molecule has 1 unspecified atom stereocenters. The van der Waals surface area contributed by atoms with Crippen molar-refractivity contribution in [1.82, 2.24) is 5.32 Å². The second-order valence-electron chi connectivity index (χ2n) is 2.64. The fourth-order valence-corrected chi connectivity index (χ4v) is 1.77. The number of hydrogen-bond donors (Lipinski definition) is 3. The van der Waals surface area contributed by atoms with E-state index in [2.05, 4.69) is 5.32 Å². The molecule has 0 fully saturated rings. The van der Waals surface area contributed by atoms with E-state index in [1.807, 2.05) is 6.07 Å². The molecule has 0 bridgehead atoms. The molecule has 1 rings (SSSR count). The third-order valence-corrected chi connectivity index (χ3v) is 2.76. The van der Waals surface area contributed by atoms with Gasteiger partial charge in [0, 0.05) is 9.75 Å². The minimum absolute atomic E-state index is 0.298. The molecule has 0 saturated carbocycles.